The molecule has 3 nitrogen and oxygen atoms in total. The molecule has 1 saturated carbocycles. The van der Waals surface area contributed by atoms with Crippen LogP contribution in [0.5, 0.6) is 0 Å². The first kappa shape index (κ1) is 20.0. The molecule has 6 atom stereocenters. The Morgan fingerprint density at radius 3 is 2.79 bits per heavy atom. The number of rotatable bonds is 2. The van der Waals surface area contributed by atoms with E-state index in [1.54, 1.807) is 6.08 Å². The Balaban J connectivity index is 1.80. The monoisotopic (exact) mass is 408 g/mol. The topological polar surface area (TPSA) is 54.4 Å². The number of fused-ring (bicyclic) bond motifs is 5. The zero-order valence-corrected chi connectivity index (χ0v) is 17.2. The third kappa shape index (κ3) is 2.37. The summed E-state index contributed by atoms with van der Waals surface area (Å²) in [6.07, 6.45) is 6.78. The quantitative estimate of drug-likeness (QED) is 0.675. The molecule has 0 aliphatic heterocycles. The van der Waals surface area contributed by atoms with Crippen molar-refractivity contribution in [3.63, 3.8) is 0 Å². The van der Waals surface area contributed by atoms with E-state index >= 15 is 4.39 Å². The number of thioether (sulfide) groups is 1. The van der Waals surface area contributed by atoms with E-state index in [1.165, 1.54) is 0 Å². The smallest absolute Gasteiger partial charge is 0.223 e. The Morgan fingerprint density at radius 1 is 1.39 bits per heavy atom. The van der Waals surface area contributed by atoms with Crippen LogP contribution in [-0.4, -0.2) is 27.6 Å². The molecule has 0 aromatic carbocycles. The highest BCUT2D eigenvalue weighted by Gasteiger charge is 2.67. The molecular formula is C22H26F2O3S. The van der Waals surface area contributed by atoms with Gasteiger partial charge >= 0.3 is 0 Å². The lowest BCUT2D eigenvalue weighted by Gasteiger charge is -2.53. The molecule has 28 heavy (non-hydrogen) atoms. The second kappa shape index (κ2) is 6.36. The molecule has 1 N–H and O–H groups in total. The minimum Gasteiger partial charge on any atom is -0.380 e. The summed E-state index contributed by atoms with van der Waals surface area (Å²) in [6, 6.07) is -0.864. The zero-order valence-electron chi connectivity index (χ0n) is 16.4. The van der Waals surface area contributed by atoms with Gasteiger partial charge in [-0.2, -0.15) is 0 Å². The van der Waals surface area contributed by atoms with Gasteiger partial charge in [0.05, 0.1) is 0 Å². The van der Waals surface area contributed by atoms with Crippen LogP contribution in [0.2, 0.25) is 0 Å². The molecule has 0 saturated heterocycles. The van der Waals surface area contributed by atoms with Gasteiger partial charge in [0.15, 0.2) is 5.78 Å². The highest BCUT2D eigenvalue weighted by atomic mass is 32.2. The summed E-state index contributed by atoms with van der Waals surface area (Å²) in [7, 11) is 0. The number of hydrogen-bond donors (Lipinski definition) is 1. The molecule has 4 aliphatic carbocycles. The molecular weight excluding hydrogens is 382 g/mol. The van der Waals surface area contributed by atoms with Crippen molar-refractivity contribution in [1.29, 1.82) is 0 Å². The summed E-state index contributed by atoms with van der Waals surface area (Å²) in [6.45, 7) is 5.69. The van der Waals surface area contributed by atoms with E-state index < -0.39 is 27.6 Å². The van der Waals surface area contributed by atoms with Crippen LogP contribution in [0.1, 0.15) is 46.5 Å². The summed E-state index contributed by atoms with van der Waals surface area (Å²) in [5, 5.41) is 10.9. The standard InChI is InChI=1S/C22H26F2O3S/c1-12-8-16-14-10-18(24)17-9-13(25)4-6-20(17,2)15(14)5-7-21(16,3)22(12,27)19(26)28-11-23/h4-6,12,14,16,27H,7-11H2,1-3H3/t12-,14?,16?,20-,21+,22+/m1/s1. The van der Waals surface area contributed by atoms with E-state index in [1.807, 2.05) is 32.9 Å². The van der Waals surface area contributed by atoms with Crippen molar-refractivity contribution in [3.8, 4) is 0 Å². The Bertz CT molecular complexity index is 847. The molecule has 4 aliphatic rings. The Kier molecular flexibility index (Phi) is 4.55. The fourth-order valence-corrected chi connectivity index (χ4v) is 7.20. The van der Waals surface area contributed by atoms with E-state index in [0.717, 1.165) is 5.57 Å². The first-order valence-electron chi connectivity index (χ1n) is 9.85. The van der Waals surface area contributed by atoms with Gasteiger partial charge < -0.3 is 5.11 Å². The number of hydrogen-bond acceptors (Lipinski definition) is 4. The van der Waals surface area contributed by atoms with Gasteiger partial charge in [-0.15, -0.1) is 0 Å². The van der Waals surface area contributed by atoms with Crippen molar-refractivity contribution in [1.82, 2.24) is 0 Å². The predicted molar refractivity (Wildman–Crippen MR) is 105 cm³/mol. The van der Waals surface area contributed by atoms with Gasteiger partial charge in [-0.05, 0) is 49.2 Å². The molecule has 0 aromatic heterocycles. The van der Waals surface area contributed by atoms with Crippen LogP contribution in [0.25, 0.3) is 0 Å². The van der Waals surface area contributed by atoms with Crippen LogP contribution < -0.4 is 0 Å². The Labute approximate surface area is 168 Å². The molecule has 1 fully saturated rings. The lowest BCUT2D eigenvalue weighted by atomic mass is 9.52. The van der Waals surface area contributed by atoms with E-state index in [-0.39, 0.29) is 42.2 Å². The maximum absolute atomic E-state index is 15.1. The summed E-state index contributed by atoms with van der Waals surface area (Å²) < 4.78 is 28.0. The average Bonchev–Trinajstić information content (AvgIpc) is 2.85. The SMILES string of the molecule is C[C@@H]1CC2C3CC(F)=C4CC(=O)C=C[C@]4(C)C3=CC[C@]2(C)[C@@]1(O)C(=O)SCF. The van der Waals surface area contributed by atoms with Gasteiger partial charge in [0.25, 0.3) is 0 Å². The van der Waals surface area contributed by atoms with Crippen molar-refractivity contribution >= 4 is 22.7 Å². The van der Waals surface area contributed by atoms with Gasteiger partial charge in [0, 0.05) is 23.7 Å². The lowest BCUT2D eigenvalue weighted by molar-refractivity contribution is -0.148. The van der Waals surface area contributed by atoms with E-state index in [2.05, 4.69) is 0 Å². The number of ketones is 1. The maximum Gasteiger partial charge on any atom is 0.223 e. The maximum atomic E-state index is 15.1. The molecule has 0 bridgehead atoms. The summed E-state index contributed by atoms with van der Waals surface area (Å²) in [5.74, 6) is -0.859. The Hall–Kier alpha value is -1.27. The summed E-state index contributed by atoms with van der Waals surface area (Å²) >= 11 is 0.525. The van der Waals surface area contributed by atoms with Gasteiger partial charge in [-0.25, -0.2) is 8.78 Å². The first-order chi connectivity index (χ1) is 13.1. The molecule has 0 aromatic rings. The normalized spacial score (nSPS) is 44.7. The summed E-state index contributed by atoms with van der Waals surface area (Å²) in [4.78, 5) is 24.6. The number of carbonyl (C=O) groups is 2. The molecule has 0 heterocycles. The highest BCUT2D eigenvalue weighted by molar-refractivity contribution is 8.13. The fourth-order valence-electron chi connectivity index (χ4n) is 6.45. The fraction of sp³-hybridized carbons (Fsp3) is 0.636. The number of aliphatic hydroxyl groups is 1. The van der Waals surface area contributed by atoms with Crippen molar-refractivity contribution in [3.05, 3.63) is 35.2 Å². The minimum absolute atomic E-state index is 0.0770. The molecule has 152 valence electrons. The molecule has 6 heteroatoms. The lowest BCUT2D eigenvalue weighted by Crippen LogP contribution is -2.55. The van der Waals surface area contributed by atoms with Crippen LogP contribution in [-0.2, 0) is 9.59 Å². The molecule has 0 radical (unpaired) electrons. The molecule has 2 unspecified atom stereocenters. The average molecular weight is 409 g/mol. The highest BCUT2D eigenvalue weighted by Crippen LogP contribution is 2.67. The van der Waals surface area contributed by atoms with Crippen molar-refractivity contribution in [2.75, 3.05) is 6.01 Å². The van der Waals surface area contributed by atoms with Crippen molar-refractivity contribution in [2.24, 2.45) is 28.6 Å². The number of halogens is 2. The number of alkyl halides is 1. The summed E-state index contributed by atoms with van der Waals surface area (Å²) in [5.41, 5.74) is -1.36. The Morgan fingerprint density at radius 2 is 2.11 bits per heavy atom. The second-order valence-corrected chi connectivity index (χ2v) is 10.1. The van der Waals surface area contributed by atoms with Crippen LogP contribution >= 0.6 is 11.8 Å². The van der Waals surface area contributed by atoms with Crippen LogP contribution in [0.3, 0.4) is 0 Å². The third-order valence-corrected chi connectivity index (χ3v) is 8.73. The van der Waals surface area contributed by atoms with Crippen LogP contribution in [0.4, 0.5) is 8.78 Å². The number of allylic oxidation sites excluding steroid dienone is 6. The second-order valence-electron chi connectivity index (χ2n) is 9.20. The van der Waals surface area contributed by atoms with E-state index in [4.69, 9.17) is 0 Å². The first-order valence-corrected chi connectivity index (χ1v) is 10.8. The minimum atomic E-state index is -1.63. The van der Waals surface area contributed by atoms with E-state index in [0.29, 0.717) is 30.2 Å². The predicted octanol–water partition coefficient (Wildman–Crippen LogP) is 4.68. The third-order valence-electron chi connectivity index (χ3n) is 8.04. The van der Waals surface area contributed by atoms with Gasteiger partial charge in [0.2, 0.25) is 5.12 Å². The van der Waals surface area contributed by atoms with Gasteiger partial charge in [0.1, 0.15) is 17.4 Å². The molecule has 4 rings (SSSR count). The van der Waals surface area contributed by atoms with Gasteiger partial charge in [-0.1, -0.05) is 43.3 Å². The number of carbonyl (C=O) groups excluding carboxylic acids is 2. The van der Waals surface area contributed by atoms with Crippen molar-refractivity contribution < 1.29 is 23.5 Å². The largest absolute Gasteiger partial charge is 0.380 e. The molecule has 0 amide bonds. The zero-order chi connectivity index (χ0) is 20.5. The van der Waals surface area contributed by atoms with Gasteiger partial charge in [-0.3, -0.25) is 9.59 Å². The van der Waals surface area contributed by atoms with Crippen molar-refractivity contribution in [2.45, 2.75) is 52.1 Å². The van der Waals surface area contributed by atoms with Crippen LogP contribution in [0, 0.1) is 28.6 Å². The van der Waals surface area contributed by atoms with E-state index in [9.17, 15) is 19.1 Å². The molecule has 0 spiro atoms. The van der Waals surface area contributed by atoms with Crippen LogP contribution in [0.15, 0.2) is 35.2 Å².